The van der Waals surface area contributed by atoms with Crippen molar-refractivity contribution in [2.75, 3.05) is 26.2 Å². The first-order valence-corrected chi connectivity index (χ1v) is 10.7. The molecular formula is C25H28N2O3. The Hall–Kier alpha value is -2.92. The average molecular weight is 405 g/mol. The van der Waals surface area contributed by atoms with E-state index in [1.165, 1.54) is 11.1 Å². The van der Waals surface area contributed by atoms with Crippen LogP contribution in [0.4, 0.5) is 0 Å². The Balaban J connectivity index is 1.48. The van der Waals surface area contributed by atoms with E-state index in [1.807, 2.05) is 29.2 Å². The molecule has 1 saturated heterocycles. The van der Waals surface area contributed by atoms with Gasteiger partial charge in [-0.05, 0) is 24.0 Å². The molecule has 1 heterocycles. The summed E-state index contributed by atoms with van der Waals surface area (Å²) in [6.45, 7) is 2.78. The summed E-state index contributed by atoms with van der Waals surface area (Å²) in [4.78, 5) is 29.0. The molecule has 5 heteroatoms. The highest BCUT2D eigenvalue weighted by molar-refractivity contribution is 5.85. The minimum absolute atomic E-state index is 0.0117. The SMILES string of the molecule is O=C(O)[C@H]1CC=CC[C@@H]1C(=O)N1CCN(C(c2ccccc2)c2ccccc2)CC1. The van der Waals surface area contributed by atoms with Gasteiger partial charge in [-0.15, -0.1) is 0 Å². The molecule has 156 valence electrons. The molecule has 0 bridgehead atoms. The van der Waals surface area contributed by atoms with Gasteiger partial charge in [0.15, 0.2) is 0 Å². The van der Waals surface area contributed by atoms with Crippen LogP contribution in [0, 0.1) is 11.8 Å². The monoisotopic (exact) mass is 404 g/mol. The molecule has 1 amide bonds. The molecule has 4 rings (SSSR count). The Kier molecular flexibility index (Phi) is 6.29. The standard InChI is InChI=1S/C25H28N2O3/c28-24(21-13-7-8-14-22(21)25(29)30)27-17-15-26(16-18-27)23(19-9-3-1-4-10-19)20-11-5-2-6-12-20/h1-12,21-23H,13-18H2,(H,29,30)/t21-,22-/m0/s1. The smallest absolute Gasteiger partial charge is 0.307 e. The number of benzene rings is 2. The lowest BCUT2D eigenvalue weighted by Gasteiger charge is -2.41. The van der Waals surface area contributed by atoms with Crippen molar-refractivity contribution in [2.24, 2.45) is 11.8 Å². The minimum Gasteiger partial charge on any atom is -0.481 e. The van der Waals surface area contributed by atoms with Gasteiger partial charge in [0, 0.05) is 26.2 Å². The Morgan fingerprint density at radius 2 is 1.27 bits per heavy atom. The number of hydrogen-bond acceptors (Lipinski definition) is 3. The van der Waals surface area contributed by atoms with Crippen LogP contribution in [0.15, 0.2) is 72.8 Å². The Morgan fingerprint density at radius 1 is 0.767 bits per heavy atom. The van der Waals surface area contributed by atoms with E-state index in [2.05, 4.69) is 53.4 Å². The molecule has 0 radical (unpaired) electrons. The van der Waals surface area contributed by atoms with E-state index in [-0.39, 0.29) is 11.9 Å². The van der Waals surface area contributed by atoms with Gasteiger partial charge in [0.2, 0.25) is 5.91 Å². The number of allylic oxidation sites excluding steroid dienone is 2. The number of carboxylic acids is 1. The molecule has 2 aliphatic rings. The second kappa shape index (κ2) is 9.26. The van der Waals surface area contributed by atoms with Gasteiger partial charge in [-0.1, -0.05) is 72.8 Å². The summed E-state index contributed by atoms with van der Waals surface area (Å²) in [5.74, 6) is -1.94. The zero-order valence-corrected chi connectivity index (χ0v) is 17.1. The van der Waals surface area contributed by atoms with Gasteiger partial charge < -0.3 is 10.0 Å². The molecule has 2 aromatic carbocycles. The van der Waals surface area contributed by atoms with Gasteiger partial charge in [-0.3, -0.25) is 14.5 Å². The van der Waals surface area contributed by atoms with Crippen molar-refractivity contribution in [1.29, 1.82) is 0 Å². The van der Waals surface area contributed by atoms with Crippen LogP contribution >= 0.6 is 0 Å². The van der Waals surface area contributed by atoms with Gasteiger partial charge in [-0.25, -0.2) is 0 Å². The number of carbonyl (C=O) groups is 2. The van der Waals surface area contributed by atoms with Crippen molar-refractivity contribution >= 4 is 11.9 Å². The van der Waals surface area contributed by atoms with Gasteiger partial charge in [0.1, 0.15) is 0 Å². The van der Waals surface area contributed by atoms with E-state index in [0.29, 0.717) is 25.9 Å². The van der Waals surface area contributed by atoms with E-state index in [1.54, 1.807) is 0 Å². The van der Waals surface area contributed by atoms with Crippen LogP contribution in [0.3, 0.4) is 0 Å². The van der Waals surface area contributed by atoms with E-state index in [4.69, 9.17) is 0 Å². The summed E-state index contributed by atoms with van der Waals surface area (Å²) in [5, 5.41) is 9.51. The summed E-state index contributed by atoms with van der Waals surface area (Å²) in [6, 6.07) is 21.1. The van der Waals surface area contributed by atoms with Crippen molar-refractivity contribution in [3.8, 4) is 0 Å². The second-order valence-electron chi connectivity index (χ2n) is 8.08. The zero-order valence-electron chi connectivity index (χ0n) is 17.1. The third kappa shape index (κ3) is 4.31. The van der Waals surface area contributed by atoms with Crippen LogP contribution in [0.2, 0.25) is 0 Å². The summed E-state index contributed by atoms with van der Waals surface area (Å²) in [7, 11) is 0. The van der Waals surface area contributed by atoms with Crippen LogP contribution in [0.25, 0.3) is 0 Å². The largest absolute Gasteiger partial charge is 0.481 e. The number of carbonyl (C=O) groups excluding carboxylic acids is 1. The number of hydrogen-bond donors (Lipinski definition) is 1. The summed E-state index contributed by atoms with van der Waals surface area (Å²) in [6.07, 6.45) is 4.78. The number of piperazine rings is 1. The molecule has 1 fully saturated rings. The minimum atomic E-state index is -0.871. The fraction of sp³-hybridized carbons (Fsp3) is 0.360. The van der Waals surface area contributed by atoms with Crippen LogP contribution in [0.5, 0.6) is 0 Å². The first kappa shape index (κ1) is 20.4. The van der Waals surface area contributed by atoms with Crippen molar-refractivity contribution in [1.82, 2.24) is 9.80 Å². The second-order valence-corrected chi connectivity index (χ2v) is 8.08. The lowest BCUT2D eigenvalue weighted by Crippen LogP contribution is -2.52. The molecule has 1 aliphatic heterocycles. The lowest BCUT2D eigenvalue weighted by molar-refractivity contribution is -0.151. The summed E-state index contributed by atoms with van der Waals surface area (Å²) < 4.78 is 0. The highest BCUT2D eigenvalue weighted by Gasteiger charge is 2.37. The Morgan fingerprint density at radius 3 is 1.77 bits per heavy atom. The van der Waals surface area contributed by atoms with E-state index >= 15 is 0 Å². The molecule has 30 heavy (non-hydrogen) atoms. The van der Waals surface area contributed by atoms with Gasteiger partial charge in [-0.2, -0.15) is 0 Å². The quantitative estimate of drug-likeness (QED) is 0.774. The number of nitrogens with zero attached hydrogens (tertiary/aromatic N) is 2. The van der Waals surface area contributed by atoms with Gasteiger partial charge in [0.05, 0.1) is 17.9 Å². The fourth-order valence-electron chi connectivity index (χ4n) is 4.68. The molecule has 2 aromatic rings. The molecule has 2 atom stereocenters. The number of carboxylic acid groups (broad SMARTS) is 1. The van der Waals surface area contributed by atoms with Crippen molar-refractivity contribution in [2.45, 2.75) is 18.9 Å². The molecule has 5 nitrogen and oxygen atoms in total. The highest BCUT2D eigenvalue weighted by Crippen LogP contribution is 2.31. The average Bonchev–Trinajstić information content (AvgIpc) is 2.81. The number of rotatable bonds is 5. The lowest BCUT2D eigenvalue weighted by atomic mass is 9.82. The van der Waals surface area contributed by atoms with Crippen molar-refractivity contribution in [3.05, 3.63) is 83.9 Å². The van der Waals surface area contributed by atoms with E-state index < -0.39 is 17.8 Å². The molecular weight excluding hydrogens is 376 g/mol. The first-order valence-electron chi connectivity index (χ1n) is 10.7. The number of amides is 1. The predicted molar refractivity (Wildman–Crippen MR) is 116 cm³/mol. The molecule has 0 saturated carbocycles. The maximum absolute atomic E-state index is 13.1. The number of aliphatic carboxylic acids is 1. The molecule has 0 unspecified atom stereocenters. The highest BCUT2D eigenvalue weighted by atomic mass is 16.4. The summed E-state index contributed by atoms with van der Waals surface area (Å²) in [5.41, 5.74) is 2.48. The predicted octanol–water partition coefficient (Wildman–Crippen LogP) is 3.59. The molecule has 0 spiro atoms. The van der Waals surface area contributed by atoms with Gasteiger partial charge in [0.25, 0.3) is 0 Å². The Bertz CT molecular complexity index is 850. The Labute approximate surface area is 177 Å². The van der Waals surface area contributed by atoms with Crippen LogP contribution < -0.4 is 0 Å². The molecule has 1 N–H and O–H groups in total. The van der Waals surface area contributed by atoms with E-state index in [9.17, 15) is 14.7 Å². The zero-order chi connectivity index (χ0) is 20.9. The normalized spacial score (nSPS) is 22.2. The van der Waals surface area contributed by atoms with Crippen molar-refractivity contribution < 1.29 is 14.7 Å². The van der Waals surface area contributed by atoms with Crippen LogP contribution in [-0.4, -0.2) is 53.0 Å². The first-order chi connectivity index (χ1) is 14.6. The topological polar surface area (TPSA) is 60.9 Å². The molecule has 1 aliphatic carbocycles. The third-order valence-corrected chi connectivity index (χ3v) is 6.29. The maximum Gasteiger partial charge on any atom is 0.307 e. The van der Waals surface area contributed by atoms with Gasteiger partial charge >= 0.3 is 5.97 Å². The van der Waals surface area contributed by atoms with Crippen LogP contribution in [-0.2, 0) is 9.59 Å². The summed E-state index contributed by atoms with van der Waals surface area (Å²) >= 11 is 0. The van der Waals surface area contributed by atoms with Crippen molar-refractivity contribution in [3.63, 3.8) is 0 Å². The maximum atomic E-state index is 13.1. The van der Waals surface area contributed by atoms with Crippen LogP contribution in [0.1, 0.15) is 30.0 Å². The van der Waals surface area contributed by atoms with E-state index in [0.717, 1.165) is 13.1 Å². The third-order valence-electron chi connectivity index (χ3n) is 6.29. The fourth-order valence-corrected chi connectivity index (χ4v) is 4.68. The molecule has 0 aromatic heterocycles.